The van der Waals surface area contributed by atoms with Gasteiger partial charge in [0, 0.05) is 9.40 Å². The zero-order valence-corrected chi connectivity index (χ0v) is 10.1. The van der Waals surface area contributed by atoms with Crippen molar-refractivity contribution in [3.05, 3.63) is 29.8 Å². The number of benzene rings is 1. The van der Waals surface area contributed by atoms with E-state index in [1.807, 2.05) is 5.48 Å². The summed E-state index contributed by atoms with van der Waals surface area (Å²) in [6.07, 6.45) is 0. The summed E-state index contributed by atoms with van der Waals surface area (Å²) in [5, 5.41) is 24.6. The summed E-state index contributed by atoms with van der Waals surface area (Å²) in [6, 6.07) is 6.81. The first-order valence-corrected chi connectivity index (χ1v) is 5.42. The lowest BCUT2D eigenvalue weighted by atomic mass is 10.2. The average Bonchev–Trinajstić information content (AvgIpc) is 2.41. The topological polar surface area (TPSA) is 117 Å². The SMILES string of the molecule is NCCOCCO.ONc1ccc(COO)cc1.[HH].[HH]. The predicted molar refractivity (Wildman–Crippen MR) is 70.5 cm³/mol. The van der Waals surface area contributed by atoms with E-state index in [0.29, 0.717) is 25.4 Å². The highest BCUT2D eigenvalue weighted by Crippen LogP contribution is 2.08. The van der Waals surface area contributed by atoms with Crippen molar-refractivity contribution in [3.8, 4) is 0 Å². The fourth-order valence-electron chi connectivity index (χ4n) is 1.000. The Morgan fingerprint density at radius 1 is 1.22 bits per heavy atom. The van der Waals surface area contributed by atoms with Gasteiger partial charge in [0.1, 0.15) is 6.61 Å². The Labute approximate surface area is 109 Å². The first-order valence-electron chi connectivity index (χ1n) is 5.42. The summed E-state index contributed by atoms with van der Waals surface area (Å²) in [4.78, 5) is 3.92. The molecule has 18 heavy (non-hydrogen) atoms. The molecule has 1 aromatic carbocycles. The molecule has 0 saturated heterocycles. The molecule has 7 heteroatoms. The van der Waals surface area contributed by atoms with Gasteiger partial charge in [-0.25, -0.2) is 4.89 Å². The van der Waals surface area contributed by atoms with Gasteiger partial charge >= 0.3 is 0 Å². The minimum absolute atomic E-state index is 0. The van der Waals surface area contributed by atoms with Crippen molar-refractivity contribution in [2.24, 2.45) is 5.73 Å². The number of anilines is 1. The van der Waals surface area contributed by atoms with Gasteiger partial charge < -0.3 is 15.6 Å². The average molecular weight is 264 g/mol. The van der Waals surface area contributed by atoms with Gasteiger partial charge in [-0.3, -0.25) is 15.9 Å². The lowest BCUT2D eigenvalue weighted by Gasteiger charge is -1.99. The van der Waals surface area contributed by atoms with Crippen LogP contribution in [0.15, 0.2) is 24.3 Å². The first kappa shape index (κ1) is 16.8. The van der Waals surface area contributed by atoms with Crippen LogP contribution in [0, 0.1) is 0 Å². The number of nitrogens with one attached hydrogen (secondary N) is 1. The second kappa shape index (κ2) is 12.2. The summed E-state index contributed by atoms with van der Waals surface area (Å²) >= 11 is 0. The summed E-state index contributed by atoms with van der Waals surface area (Å²) in [7, 11) is 0. The molecule has 0 unspecified atom stereocenters. The Hall–Kier alpha value is -1.22. The lowest BCUT2D eigenvalue weighted by molar-refractivity contribution is -0.253. The van der Waals surface area contributed by atoms with E-state index in [0.717, 1.165) is 5.56 Å². The molecule has 7 nitrogen and oxygen atoms in total. The van der Waals surface area contributed by atoms with E-state index >= 15 is 0 Å². The molecule has 0 amide bonds. The number of nitrogens with two attached hydrogens (primary N) is 1. The lowest BCUT2D eigenvalue weighted by Crippen LogP contribution is -2.10. The maximum Gasteiger partial charge on any atom is 0.107 e. The normalized spacial score (nSPS) is 9.56. The van der Waals surface area contributed by atoms with Crippen molar-refractivity contribution < 1.29 is 28.0 Å². The molecule has 1 rings (SSSR count). The maximum absolute atomic E-state index is 8.43. The molecule has 6 N–H and O–H groups in total. The van der Waals surface area contributed by atoms with Crippen LogP contribution in [0.1, 0.15) is 8.42 Å². The number of ether oxygens (including phenoxy) is 1. The maximum atomic E-state index is 8.43. The van der Waals surface area contributed by atoms with E-state index < -0.39 is 0 Å². The summed E-state index contributed by atoms with van der Waals surface area (Å²) in [6.45, 7) is 1.71. The van der Waals surface area contributed by atoms with Crippen LogP contribution in [0.25, 0.3) is 0 Å². The first-order chi connectivity index (χ1) is 8.78. The van der Waals surface area contributed by atoms with Crippen molar-refractivity contribution >= 4 is 5.69 Å². The van der Waals surface area contributed by atoms with Gasteiger partial charge in [-0.05, 0) is 17.7 Å². The van der Waals surface area contributed by atoms with Crippen molar-refractivity contribution in [1.29, 1.82) is 0 Å². The smallest absolute Gasteiger partial charge is 0.107 e. The fourth-order valence-corrected chi connectivity index (χ4v) is 1.000. The second-order valence-electron chi connectivity index (χ2n) is 3.21. The Kier molecular flexibility index (Phi) is 11.4. The van der Waals surface area contributed by atoms with E-state index in [2.05, 4.69) is 4.89 Å². The van der Waals surface area contributed by atoms with E-state index in [1.165, 1.54) is 0 Å². The number of hydrogen-bond acceptors (Lipinski definition) is 7. The molecule has 0 fully saturated rings. The van der Waals surface area contributed by atoms with Gasteiger partial charge in [0.2, 0.25) is 0 Å². The Morgan fingerprint density at radius 3 is 2.33 bits per heavy atom. The van der Waals surface area contributed by atoms with Crippen molar-refractivity contribution in [1.82, 2.24) is 0 Å². The number of aliphatic hydroxyl groups is 1. The Morgan fingerprint density at radius 2 is 1.89 bits per heavy atom. The molecule has 0 aliphatic heterocycles. The molecule has 0 aliphatic carbocycles. The van der Waals surface area contributed by atoms with E-state index in [4.69, 9.17) is 26.0 Å². The molecule has 0 radical (unpaired) electrons. The third-order valence-electron chi connectivity index (χ3n) is 1.81. The monoisotopic (exact) mass is 264 g/mol. The van der Waals surface area contributed by atoms with Crippen LogP contribution >= 0.6 is 0 Å². The zero-order valence-electron chi connectivity index (χ0n) is 10.1. The molecule has 0 heterocycles. The molecule has 0 atom stereocenters. The van der Waals surface area contributed by atoms with Gasteiger partial charge in [-0.1, -0.05) is 12.1 Å². The van der Waals surface area contributed by atoms with Gasteiger partial charge in [0.25, 0.3) is 0 Å². The third-order valence-corrected chi connectivity index (χ3v) is 1.81. The van der Waals surface area contributed by atoms with Crippen LogP contribution in [-0.4, -0.2) is 41.9 Å². The van der Waals surface area contributed by atoms with Gasteiger partial charge in [-0.2, -0.15) is 0 Å². The second-order valence-corrected chi connectivity index (χ2v) is 3.21. The molecule has 1 aromatic rings. The van der Waals surface area contributed by atoms with Gasteiger partial charge in [-0.15, -0.1) is 0 Å². The highest BCUT2D eigenvalue weighted by Gasteiger charge is 1.91. The molecule has 0 aliphatic rings. The molecule has 0 bridgehead atoms. The highest BCUT2D eigenvalue weighted by atomic mass is 17.1. The quantitative estimate of drug-likeness (QED) is 0.282. The van der Waals surface area contributed by atoms with Gasteiger partial charge in [0.05, 0.1) is 25.5 Å². The highest BCUT2D eigenvalue weighted by molar-refractivity contribution is 5.42. The van der Waals surface area contributed by atoms with Gasteiger partial charge in [0.15, 0.2) is 0 Å². The van der Waals surface area contributed by atoms with E-state index in [-0.39, 0.29) is 16.1 Å². The van der Waals surface area contributed by atoms with Crippen LogP contribution in [0.5, 0.6) is 0 Å². The van der Waals surface area contributed by atoms with Crippen molar-refractivity contribution in [3.63, 3.8) is 0 Å². The predicted octanol–water partition coefficient (Wildman–Crippen LogP) is 0.923. The van der Waals surface area contributed by atoms with E-state index in [1.54, 1.807) is 24.3 Å². The Bertz CT molecular complexity index is 287. The summed E-state index contributed by atoms with van der Waals surface area (Å²) in [5.41, 5.74) is 8.50. The largest absolute Gasteiger partial charge is 0.394 e. The fraction of sp³-hybridized carbons (Fsp3) is 0.455. The molecular weight excluding hydrogens is 240 g/mol. The third kappa shape index (κ3) is 8.88. The van der Waals surface area contributed by atoms with Crippen LogP contribution < -0.4 is 11.2 Å². The number of aliphatic hydroxyl groups excluding tert-OH is 1. The standard InChI is InChI=1S/C7H9NO3.C4H11NO2.2H2/c9-8-7-3-1-6(2-4-7)5-11-10;5-1-3-7-4-2-6;;/h1-4,8-10H,5H2;6H,1-5H2;2*1H. The molecular formula is C11H24N2O5. The summed E-state index contributed by atoms with van der Waals surface area (Å²) in [5.74, 6) is 0. The van der Waals surface area contributed by atoms with Crippen LogP contribution in [0.3, 0.4) is 0 Å². The molecule has 108 valence electrons. The zero-order chi connectivity index (χ0) is 13.6. The van der Waals surface area contributed by atoms with Crippen molar-refractivity contribution in [2.75, 3.05) is 31.8 Å². The van der Waals surface area contributed by atoms with E-state index in [9.17, 15) is 0 Å². The summed E-state index contributed by atoms with van der Waals surface area (Å²) < 4.78 is 4.76. The number of hydrogen-bond donors (Lipinski definition) is 5. The van der Waals surface area contributed by atoms with Crippen molar-refractivity contribution in [2.45, 2.75) is 6.61 Å². The Balaban J connectivity index is -0.000000286. The molecule has 0 spiro atoms. The van der Waals surface area contributed by atoms with Crippen LogP contribution in [0.2, 0.25) is 0 Å². The minimum Gasteiger partial charge on any atom is -0.394 e. The van der Waals surface area contributed by atoms with Crippen LogP contribution in [-0.2, 0) is 16.2 Å². The molecule has 0 saturated carbocycles. The number of rotatable bonds is 7. The van der Waals surface area contributed by atoms with Crippen LogP contribution in [0.4, 0.5) is 5.69 Å². The molecule has 0 aromatic heterocycles. The minimum atomic E-state index is 0.